The van der Waals surface area contributed by atoms with Gasteiger partial charge in [-0.2, -0.15) is 0 Å². The summed E-state index contributed by atoms with van der Waals surface area (Å²) in [5, 5.41) is 0.816. The molecule has 3 rings (SSSR count). The molecule has 2 bridgehead atoms. The van der Waals surface area contributed by atoms with Gasteiger partial charge in [-0.3, -0.25) is 9.80 Å². The topological polar surface area (TPSA) is 32.5 Å². The van der Waals surface area contributed by atoms with E-state index in [4.69, 9.17) is 17.3 Å². The molecule has 2 aliphatic heterocycles. The number of nitrogens with zero attached hydrogens (tertiary/aromatic N) is 2. The van der Waals surface area contributed by atoms with Gasteiger partial charge < -0.3 is 5.73 Å². The first-order valence-electron chi connectivity index (χ1n) is 7.71. The number of halogens is 2. The van der Waals surface area contributed by atoms with E-state index in [1.807, 2.05) is 12.1 Å². The molecule has 0 spiro atoms. The third-order valence-corrected chi connectivity index (χ3v) is 6.00. The summed E-state index contributed by atoms with van der Waals surface area (Å²) in [4.78, 5) is 5.10. The van der Waals surface area contributed by atoms with Crippen LogP contribution in [0.5, 0.6) is 0 Å². The second kappa shape index (κ2) is 6.55. The quantitative estimate of drug-likeness (QED) is 0.884. The maximum atomic E-state index is 6.42. The molecule has 0 amide bonds. The van der Waals surface area contributed by atoms with Crippen molar-refractivity contribution in [2.45, 2.75) is 37.4 Å². The lowest BCUT2D eigenvalue weighted by molar-refractivity contribution is 0.175. The molecule has 116 valence electrons. The highest BCUT2D eigenvalue weighted by atomic mass is 79.9. The van der Waals surface area contributed by atoms with Crippen molar-refractivity contribution in [1.29, 1.82) is 0 Å². The molecule has 0 aromatic heterocycles. The number of likely N-dealkylation sites (tertiary alicyclic amines) is 1. The van der Waals surface area contributed by atoms with Crippen molar-refractivity contribution in [2.24, 2.45) is 5.73 Å². The Labute approximate surface area is 140 Å². The number of benzene rings is 1. The second-order valence-corrected chi connectivity index (χ2v) is 7.57. The van der Waals surface area contributed by atoms with Gasteiger partial charge in [0.1, 0.15) is 0 Å². The first-order valence-corrected chi connectivity index (χ1v) is 8.88. The van der Waals surface area contributed by atoms with Crippen LogP contribution >= 0.6 is 27.5 Å². The van der Waals surface area contributed by atoms with Crippen molar-refractivity contribution in [3.05, 3.63) is 33.3 Å². The molecule has 2 N–H and O–H groups in total. The first kappa shape index (κ1) is 15.8. The highest BCUT2D eigenvalue weighted by Gasteiger charge is 2.36. The minimum Gasteiger partial charge on any atom is -0.329 e. The third-order valence-electron chi connectivity index (χ3n) is 5.16. The highest BCUT2D eigenvalue weighted by molar-refractivity contribution is 9.10. The van der Waals surface area contributed by atoms with E-state index >= 15 is 0 Å². The Balaban J connectivity index is 1.84. The van der Waals surface area contributed by atoms with Gasteiger partial charge in [0, 0.05) is 47.3 Å². The molecule has 21 heavy (non-hydrogen) atoms. The van der Waals surface area contributed by atoms with Crippen LogP contribution in [-0.2, 0) is 0 Å². The maximum Gasteiger partial charge on any atom is 0.0486 e. The van der Waals surface area contributed by atoms with Gasteiger partial charge in [0.05, 0.1) is 0 Å². The predicted molar refractivity (Wildman–Crippen MR) is 91.7 cm³/mol. The number of hydrogen-bond donors (Lipinski definition) is 1. The van der Waals surface area contributed by atoms with Crippen molar-refractivity contribution in [3.8, 4) is 0 Å². The lowest BCUT2D eigenvalue weighted by Gasteiger charge is -2.33. The fraction of sp³-hybridized carbons (Fsp3) is 0.625. The fourth-order valence-electron chi connectivity index (χ4n) is 3.86. The molecule has 0 saturated carbocycles. The summed E-state index contributed by atoms with van der Waals surface area (Å²) in [5.41, 5.74) is 7.26. The van der Waals surface area contributed by atoms with Crippen molar-refractivity contribution in [3.63, 3.8) is 0 Å². The van der Waals surface area contributed by atoms with E-state index < -0.39 is 0 Å². The molecule has 3 atom stereocenters. The largest absolute Gasteiger partial charge is 0.329 e. The molecule has 0 aliphatic carbocycles. The smallest absolute Gasteiger partial charge is 0.0486 e. The first-order chi connectivity index (χ1) is 10.1. The van der Waals surface area contributed by atoms with E-state index in [1.165, 1.54) is 19.3 Å². The Kier molecular flexibility index (Phi) is 4.91. The number of nitrogens with two attached hydrogens (primary N) is 1. The lowest BCUT2D eigenvalue weighted by atomic mass is 10.0. The van der Waals surface area contributed by atoms with Gasteiger partial charge in [-0.15, -0.1) is 0 Å². The standard InChI is InChI=1S/C16H23BrClN3/c1-20-12-3-4-13(20)10-21(7-6-12)16(9-19)14-8-11(17)2-5-15(14)18/h2,5,8,12-13,16H,3-4,6-7,9-10,19H2,1H3. The Morgan fingerprint density at radius 3 is 2.86 bits per heavy atom. The van der Waals surface area contributed by atoms with Gasteiger partial charge in [-0.1, -0.05) is 27.5 Å². The zero-order chi connectivity index (χ0) is 15.0. The Morgan fingerprint density at radius 1 is 1.33 bits per heavy atom. The Morgan fingerprint density at radius 2 is 2.10 bits per heavy atom. The van der Waals surface area contributed by atoms with Crippen LogP contribution in [0, 0.1) is 0 Å². The van der Waals surface area contributed by atoms with Crippen LogP contribution in [0.3, 0.4) is 0 Å². The van der Waals surface area contributed by atoms with Crippen LogP contribution in [-0.4, -0.2) is 48.6 Å². The molecular weight excluding hydrogens is 350 g/mol. The zero-order valence-electron chi connectivity index (χ0n) is 12.4. The van der Waals surface area contributed by atoms with Crippen LogP contribution in [0.4, 0.5) is 0 Å². The highest BCUT2D eigenvalue weighted by Crippen LogP contribution is 2.34. The van der Waals surface area contributed by atoms with Crippen molar-refractivity contribution >= 4 is 27.5 Å². The molecule has 2 heterocycles. The van der Waals surface area contributed by atoms with Crippen LogP contribution in [0.1, 0.15) is 30.9 Å². The lowest BCUT2D eigenvalue weighted by Crippen LogP contribution is -2.40. The van der Waals surface area contributed by atoms with E-state index in [1.54, 1.807) is 0 Å². The molecular formula is C16H23BrClN3. The number of hydrogen-bond acceptors (Lipinski definition) is 3. The zero-order valence-corrected chi connectivity index (χ0v) is 14.8. The molecule has 5 heteroatoms. The van der Waals surface area contributed by atoms with Crippen molar-refractivity contribution in [1.82, 2.24) is 9.80 Å². The Hall–Kier alpha value is -0.130. The SMILES string of the molecule is CN1C2CCC1CN(C(CN)c1cc(Br)ccc1Cl)CC2. The van der Waals surface area contributed by atoms with Gasteiger partial charge in [-0.25, -0.2) is 0 Å². The van der Waals surface area contributed by atoms with Gasteiger partial charge in [0.25, 0.3) is 0 Å². The summed E-state index contributed by atoms with van der Waals surface area (Å²) in [6, 6.07) is 7.68. The van der Waals surface area contributed by atoms with E-state index in [9.17, 15) is 0 Å². The molecule has 1 aromatic rings. The van der Waals surface area contributed by atoms with Crippen molar-refractivity contribution in [2.75, 3.05) is 26.7 Å². The van der Waals surface area contributed by atoms with Crippen LogP contribution < -0.4 is 5.73 Å². The molecule has 3 nitrogen and oxygen atoms in total. The molecule has 2 fully saturated rings. The number of rotatable bonds is 3. The third kappa shape index (κ3) is 3.15. The van der Waals surface area contributed by atoms with Gasteiger partial charge in [-0.05, 0) is 50.1 Å². The van der Waals surface area contributed by atoms with Gasteiger partial charge >= 0.3 is 0 Å². The maximum absolute atomic E-state index is 6.42. The molecule has 0 radical (unpaired) electrons. The van der Waals surface area contributed by atoms with Crippen LogP contribution in [0.25, 0.3) is 0 Å². The summed E-state index contributed by atoms with van der Waals surface area (Å²) in [5.74, 6) is 0. The molecule has 1 aromatic carbocycles. The molecule has 2 aliphatic rings. The van der Waals surface area contributed by atoms with E-state index in [-0.39, 0.29) is 6.04 Å². The average molecular weight is 373 g/mol. The monoisotopic (exact) mass is 371 g/mol. The minimum atomic E-state index is 0.211. The molecule has 2 saturated heterocycles. The van der Waals surface area contributed by atoms with Crippen LogP contribution in [0.15, 0.2) is 22.7 Å². The summed E-state index contributed by atoms with van der Waals surface area (Å²) in [6.45, 7) is 2.81. The predicted octanol–water partition coefficient (Wildman–Crippen LogP) is 3.27. The van der Waals surface area contributed by atoms with Crippen molar-refractivity contribution < 1.29 is 0 Å². The van der Waals surface area contributed by atoms with E-state index in [0.29, 0.717) is 12.6 Å². The van der Waals surface area contributed by atoms with Gasteiger partial charge in [0.2, 0.25) is 0 Å². The summed E-state index contributed by atoms with van der Waals surface area (Å²) in [7, 11) is 2.27. The Bertz CT molecular complexity index is 510. The summed E-state index contributed by atoms with van der Waals surface area (Å²) >= 11 is 9.97. The summed E-state index contributed by atoms with van der Waals surface area (Å²) in [6.07, 6.45) is 3.89. The molecule has 3 unspecified atom stereocenters. The number of likely N-dealkylation sites (N-methyl/N-ethyl adjacent to an activating group) is 1. The minimum absolute atomic E-state index is 0.211. The van der Waals surface area contributed by atoms with Gasteiger partial charge in [0.15, 0.2) is 0 Å². The van der Waals surface area contributed by atoms with E-state index in [2.05, 4.69) is 38.8 Å². The normalized spacial score (nSPS) is 28.6. The average Bonchev–Trinajstić information content (AvgIpc) is 2.70. The summed E-state index contributed by atoms with van der Waals surface area (Å²) < 4.78 is 1.06. The number of fused-ring (bicyclic) bond motifs is 2. The van der Waals surface area contributed by atoms with Crippen LogP contribution in [0.2, 0.25) is 5.02 Å². The van der Waals surface area contributed by atoms with E-state index in [0.717, 1.165) is 34.2 Å². The fourth-order valence-corrected chi connectivity index (χ4v) is 4.48. The second-order valence-electron chi connectivity index (χ2n) is 6.25.